The SMILES string of the molecule is CC1CCN1c1nc(N2C[C@@H]3[C@H](C2)C3(F)CC(=O)O)cc(C(F)(F)F)n1. The lowest BCUT2D eigenvalue weighted by atomic mass is 10.1. The zero-order valence-electron chi connectivity index (χ0n) is 14.0. The van der Waals surface area contributed by atoms with Gasteiger partial charge in [0.1, 0.15) is 11.5 Å². The van der Waals surface area contributed by atoms with Gasteiger partial charge in [0.05, 0.1) is 6.42 Å². The van der Waals surface area contributed by atoms with Crippen molar-refractivity contribution in [2.75, 3.05) is 29.4 Å². The molecular formula is C16H18F4N4O2. The Kier molecular flexibility index (Phi) is 3.61. The van der Waals surface area contributed by atoms with Crippen LogP contribution in [0.15, 0.2) is 6.07 Å². The molecule has 1 aromatic heterocycles. The Bertz CT molecular complexity index is 744. The van der Waals surface area contributed by atoms with E-state index in [4.69, 9.17) is 5.11 Å². The molecule has 10 heteroatoms. The van der Waals surface area contributed by atoms with Crippen molar-refractivity contribution in [3.63, 3.8) is 0 Å². The normalized spacial score (nSPS) is 33.0. The van der Waals surface area contributed by atoms with Gasteiger partial charge in [0, 0.05) is 43.6 Å². The maximum atomic E-state index is 14.5. The van der Waals surface area contributed by atoms with Gasteiger partial charge >= 0.3 is 12.1 Å². The van der Waals surface area contributed by atoms with Crippen LogP contribution in [-0.2, 0) is 11.0 Å². The Morgan fingerprint density at radius 3 is 2.46 bits per heavy atom. The Morgan fingerprint density at radius 1 is 1.35 bits per heavy atom. The first-order valence-corrected chi connectivity index (χ1v) is 8.48. The third kappa shape index (κ3) is 2.66. The van der Waals surface area contributed by atoms with E-state index < -0.39 is 41.8 Å². The molecular weight excluding hydrogens is 356 g/mol. The molecule has 4 atom stereocenters. The van der Waals surface area contributed by atoms with Crippen LogP contribution >= 0.6 is 0 Å². The lowest BCUT2D eigenvalue weighted by molar-refractivity contribution is -0.141. The Hall–Kier alpha value is -2.13. The maximum Gasteiger partial charge on any atom is 0.433 e. The van der Waals surface area contributed by atoms with Crippen molar-refractivity contribution in [1.29, 1.82) is 0 Å². The monoisotopic (exact) mass is 374 g/mol. The van der Waals surface area contributed by atoms with Gasteiger partial charge in [-0.3, -0.25) is 4.79 Å². The molecule has 4 rings (SSSR count). The Balaban J connectivity index is 1.58. The van der Waals surface area contributed by atoms with Gasteiger partial charge in [-0.05, 0) is 13.3 Å². The number of carboxylic acid groups (broad SMARTS) is 1. The summed E-state index contributed by atoms with van der Waals surface area (Å²) in [5.41, 5.74) is -2.77. The number of rotatable bonds is 4. The highest BCUT2D eigenvalue weighted by atomic mass is 19.4. The second kappa shape index (κ2) is 5.43. The van der Waals surface area contributed by atoms with Gasteiger partial charge in [-0.25, -0.2) is 9.37 Å². The fraction of sp³-hybridized carbons (Fsp3) is 0.688. The van der Waals surface area contributed by atoms with Gasteiger partial charge in [-0.15, -0.1) is 0 Å². The van der Waals surface area contributed by atoms with E-state index >= 15 is 0 Å². The third-order valence-corrected chi connectivity index (χ3v) is 5.76. The molecule has 0 bridgehead atoms. The molecule has 0 aromatic carbocycles. The number of hydrogen-bond donors (Lipinski definition) is 1. The molecule has 142 valence electrons. The lowest BCUT2D eigenvalue weighted by Gasteiger charge is -2.39. The van der Waals surface area contributed by atoms with Crippen LogP contribution in [0.1, 0.15) is 25.5 Å². The zero-order valence-corrected chi connectivity index (χ0v) is 14.0. The summed E-state index contributed by atoms with van der Waals surface area (Å²) in [6, 6.07) is 0.961. The number of fused-ring (bicyclic) bond motifs is 1. The number of carbonyl (C=O) groups is 1. The van der Waals surface area contributed by atoms with E-state index in [2.05, 4.69) is 9.97 Å². The van der Waals surface area contributed by atoms with Crippen molar-refractivity contribution < 1.29 is 27.5 Å². The fourth-order valence-corrected chi connectivity index (χ4v) is 4.03. The van der Waals surface area contributed by atoms with Crippen LogP contribution < -0.4 is 9.80 Å². The van der Waals surface area contributed by atoms with Crippen LogP contribution in [0.3, 0.4) is 0 Å². The molecule has 1 N–H and O–H groups in total. The molecule has 2 unspecified atom stereocenters. The molecule has 1 aromatic rings. The van der Waals surface area contributed by atoms with Gasteiger partial charge in [0.15, 0.2) is 5.69 Å². The number of aliphatic carboxylic acids is 1. The molecule has 26 heavy (non-hydrogen) atoms. The molecule has 6 nitrogen and oxygen atoms in total. The highest BCUT2D eigenvalue weighted by Gasteiger charge is 2.70. The van der Waals surface area contributed by atoms with Crippen molar-refractivity contribution in [2.24, 2.45) is 11.8 Å². The number of carboxylic acids is 1. The number of piperidine rings is 1. The Morgan fingerprint density at radius 2 is 2.00 bits per heavy atom. The van der Waals surface area contributed by atoms with Crippen LogP contribution in [-0.4, -0.2) is 52.4 Å². The first-order chi connectivity index (χ1) is 12.1. The molecule has 1 saturated carbocycles. The third-order valence-electron chi connectivity index (χ3n) is 5.76. The molecule has 3 fully saturated rings. The van der Waals surface area contributed by atoms with Crippen molar-refractivity contribution in [3.05, 3.63) is 11.8 Å². The van der Waals surface area contributed by atoms with Crippen molar-refractivity contribution in [2.45, 2.75) is 37.7 Å². The van der Waals surface area contributed by atoms with Crippen molar-refractivity contribution in [3.8, 4) is 0 Å². The Labute approximate surface area is 146 Å². The summed E-state index contributed by atoms with van der Waals surface area (Å²) in [6.07, 6.45) is -4.30. The number of anilines is 2. The molecule has 0 spiro atoms. The smallest absolute Gasteiger partial charge is 0.433 e. The maximum absolute atomic E-state index is 14.5. The highest BCUT2D eigenvalue weighted by molar-refractivity contribution is 5.70. The van der Waals surface area contributed by atoms with Gasteiger partial charge < -0.3 is 14.9 Å². The number of aromatic nitrogens is 2. The number of hydrogen-bond acceptors (Lipinski definition) is 5. The molecule has 3 heterocycles. The minimum Gasteiger partial charge on any atom is -0.481 e. The van der Waals surface area contributed by atoms with Crippen LogP contribution in [0.4, 0.5) is 29.3 Å². The molecule has 2 saturated heterocycles. The topological polar surface area (TPSA) is 69.6 Å². The van der Waals surface area contributed by atoms with Crippen LogP contribution in [0.2, 0.25) is 0 Å². The first kappa shape index (κ1) is 17.3. The zero-order chi connectivity index (χ0) is 18.9. The second-order valence-electron chi connectivity index (χ2n) is 7.36. The summed E-state index contributed by atoms with van der Waals surface area (Å²) >= 11 is 0. The van der Waals surface area contributed by atoms with E-state index in [0.717, 1.165) is 12.5 Å². The molecule has 1 aliphatic carbocycles. The predicted molar refractivity (Wildman–Crippen MR) is 83.7 cm³/mol. The molecule has 0 amide bonds. The lowest BCUT2D eigenvalue weighted by Crippen LogP contribution is -2.47. The largest absolute Gasteiger partial charge is 0.481 e. The van der Waals surface area contributed by atoms with Crippen LogP contribution in [0.25, 0.3) is 0 Å². The summed E-state index contributed by atoms with van der Waals surface area (Å²) in [5.74, 6) is -2.01. The van der Waals surface area contributed by atoms with Crippen molar-refractivity contribution in [1.82, 2.24) is 9.97 Å². The quantitative estimate of drug-likeness (QED) is 0.816. The van der Waals surface area contributed by atoms with Crippen LogP contribution in [0.5, 0.6) is 0 Å². The van der Waals surface area contributed by atoms with Gasteiger partial charge in [0.25, 0.3) is 0 Å². The van der Waals surface area contributed by atoms with Gasteiger partial charge in [0.2, 0.25) is 5.95 Å². The summed E-state index contributed by atoms with van der Waals surface area (Å²) in [7, 11) is 0. The molecule has 3 aliphatic rings. The van der Waals surface area contributed by atoms with E-state index in [1.54, 1.807) is 9.80 Å². The van der Waals surface area contributed by atoms with E-state index in [0.29, 0.717) is 6.54 Å². The summed E-state index contributed by atoms with van der Waals surface area (Å²) < 4.78 is 54.2. The minimum atomic E-state index is -4.60. The minimum absolute atomic E-state index is 0.0335. The van der Waals surface area contributed by atoms with Crippen LogP contribution in [0, 0.1) is 11.8 Å². The van der Waals surface area contributed by atoms with Gasteiger partial charge in [-0.2, -0.15) is 18.2 Å². The summed E-state index contributed by atoms with van der Waals surface area (Å²) in [4.78, 5) is 22.0. The number of alkyl halides is 4. The van der Waals surface area contributed by atoms with E-state index in [1.807, 2.05) is 6.92 Å². The standard InChI is InChI=1S/C16H18F4N4O2/c1-8-2-3-24(8)14-21-11(16(18,19)20)4-12(22-14)23-6-9-10(7-23)15(9,17)5-13(25)26/h4,8-10H,2-3,5-7H2,1H3,(H,25,26)/t8?,9-,10+,15?. The fourth-order valence-electron chi connectivity index (χ4n) is 4.03. The van der Waals surface area contributed by atoms with Gasteiger partial charge in [-0.1, -0.05) is 0 Å². The van der Waals surface area contributed by atoms with E-state index in [1.165, 1.54) is 0 Å². The first-order valence-electron chi connectivity index (χ1n) is 8.48. The highest BCUT2D eigenvalue weighted by Crippen LogP contribution is 2.60. The number of halogens is 4. The summed E-state index contributed by atoms with van der Waals surface area (Å²) in [6.45, 7) is 2.82. The number of nitrogens with zero attached hydrogens (tertiary/aromatic N) is 4. The van der Waals surface area contributed by atoms with Crippen molar-refractivity contribution >= 4 is 17.7 Å². The molecule has 0 radical (unpaired) electrons. The average molecular weight is 374 g/mol. The summed E-state index contributed by atoms with van der Waals surface area (Å²) in [5, 5.41) is 8.80. The van der Waals surface area contributed by atoms with E-state index in [9.17, 15) is 22.4 Å². The molecule has 2 aliphatic heterocycles. The predicted octanol–water partition coefficient (Wildman–Crippen LogP) is 2.34. The van der Waals surface area contributed by atoms with E-state index in [-0.39, 0.29) is 30.9 Å². The average Bonchev–Trinajstić information content (AvgIpc) is 2.88. The second-order valence-corrected chi connectivity index (χ2v) is 7.36.